The lowest BCUT2D eigenvalue weighted by Gasteiger charge is -2.06. The highest BCUT2D eigenvalue weighted by Crippen LogP contribution is 2.08. The standard InChI is InChI=1S/C13H18N2O5S/c14-21(19,20)11-6-4-10(5-7-11)8-9-15-12(16)2-1-3-13(17)18/h4-7H,1-3,8-9H2,(H,15,16)(H,17,18)(H2,14,19,20)/p-1. The zero-order valence-corrected chi connectivity index (χ0v) is 12.2. The van der Waals surface area contributed by atoms with E-state index in [-0.39, 0.29) is 30.1 Å². The normalized spacial score (nSPS) is 11.1. The molecule has 8 heteroatoms. The summed E-state index contributed by atoms with van der Waals surface area (Å²) < 4.78 is 22.1. The lowest BCUT2D eigenvalue weighted by atomic mass is 10.1. The van der Waals surface area contributed by atoms with E-state index in [1.807, 2.05) is 0 Å². The Morgan fingerprint density at radius 2 is 1.76 bits per heavy atom. The molecule has 0 aliphatic rings. The van der Waals surface area contributed by atoms with Crippen molar-refractivity contribution in [2.45, 2.75) is 30.6 Å². The summed E-state index contributed by atoms with van der Waals surface area (Å²) >= 11 is 0. The molecular formula is C13H17N2O5S-. The second kappa shape index (κ2) is 7.75. The van der Waals surface area contributed by atoms with Crippen molar-refractivity contribution in [3.05, 3.63) is 29.8 Å². The molecule has 0 fully saturated rings. The number of carbonyl (C=O) groups is 2. The molecule has 0 aliphatic heterocycles. The lowest BCUT2D eigenvalue weighted by Crippen LogP contribution is -2.26. The Balaban J connectivity index is 2.32. The number of sulfonamides is 1. The summed E-state index contributed by atoms with van der Waals surface area (Å²) in [5.74, 6) is -1.39. The molecule has 1 aromatic rings. The number of carboxylic acid groups (broad SMARTS) is 1. The highest BCUT2D eigenvalue weighted by molar-refractivity contribution is 7.89. The van der Waals surface area contributed by atoms with Crippen molar-refractivity contribution in [2.75, 3.05) is 6.54 Å². The first-order valence-corrected chi connectivity index (χ1v) is 7.92. The highest BCUT2D eigenvalue weighted by Gasteiger charge is 2.06. The first kappa shape index (κ1) is 17.1. The molecular weight excluding hydrogens is 296 g/mol. The van der Waals surface area contributed by atoms with E-state index < -0.39 is 16.0 Å². The maximum Gasteiger partial charge on any atom is 0.238 e. The smallest absolute Gasteiger partial charge is 0.238 e. The van der Waals surface area contributed by atoms with Gasteiger partial charge in [0.2, 0.25) is 15.9 Å². The first-order chi connectivity index (χ1) is 9.79. The minimum atomic E-state index is -3.69. The van der Waals surface area contributed by atoms with Gasteiger partial charge in [0.25, 0.3) is 0 Å². The van der Waals surface area contributed by atoms with Crippen LogP contribution in [-0.4, -0.2) is 26.8 Å². The van der Waals surface area contributed by atoms with Crippen LogP contribution in [-0.2, 0) is 26.0 Å². The Bertz CT molecular complexity index is 595. The Labute approximate surface area is 123 Å². The molecule has 1 amide bonds. The maximum absolute atomic E-state index is 11.4. The van der Waals surface area contributed by atoms with Gasteiger partial charge in [-0.1, -0.05) is 12.1 Å². The monoisotopic (exact) mass is 313 g/mol. The van der Waals surface area contributed by atoms with Crippen LogP contribution in [0.5, 0.6) is 0 Å². The van der Waals surface area contributed by atoms with Gasteiger partial charge in [0.05, 0.1) is 4.90 Å². The van der Waals surface area contributed by atoms with Gasteiger partial charge in [-0.25, -0.2) is 13.6 Å². The third-order valence-electron chi connectivity index (χ3n) is 2.77. The van der Waals surface area contributed by atoms with Gasteiger partial charge in [-0.2, -0.15) is 0 Å². The predicted molar refractivity (Wildman–Crippen MR) is 73.4 cm³/mol. The van der Waals surface area contributed by atoms with Gasteiger partial charge >= 0.3 is 0 Å². The van der Waals surface area contributed by atoms with E-state index in [4.69, 9.17) is 5.14 Å². The van der Waals surface area contributed by atoms with Gasteiger partial charge in [-0.3, -0.25) is 4.79 Å². The minimum Gasteiger partial charge on any atom is -0.550 e. The first-order valence-electron chi connectivity index (χ1n) is 6.37. The van der Waals surface area contributed by atoms with E-state index in [9.17, 15) is 23.1 Å². The zero-order chi connectivity index (χ0) is 15.9. The second-order valence-electron chi connectivity index (χ2n) is 4.51. The molecule has 7 nitrogen and oxygen atoms in total. The van der Waals surface area contributed by atoms with Crippen molar-refractivity contribution in [1.29, 1.82) is 0 Å². The SMILES string of the molecule is NS(=O)(=O)c1ccc(CCNC(=O)CCCC(=O)[O-])cc1. The summed E-state index contributed by atoms with van der Waals surface area (Å²) in [6.45, 7) is 0.388. The minimum absolute atomic E-state index is 0.0394. The fourth-order valence-electron chi connectivity index (χ4n) is 1.67. The quantitative estimate of drug-likeness (QED) is 0.630. The van der Waals surface area contributed by atoms with Gasteiger partial charge in [-0.15, -0.1) is 0 Å². The third-order valence-corrected chi connectivity index (χ3v) is 3.70. The Morgan fingerprint density at radius 3 is 2.29 bits per heavy atom. The molecule has 3 N–H and O–H groups in total. The van der Waals surface area contributed by atoms with Crippen LogP contribution in [0.2, 0.25) is 0 Å². The molecule has 0 bridgehead atoms. The van der Waals surface area contributed by atoms with Crippen LogP contribution in [0.15, 0.2) is 29.2 Å². The largest absolute Gasteiger partial charge is 0.550 e. The fourth-order valence-corrected chi connectivity index (χ4v) is 2.19. The van der Waals surface area contributed by atoms with Crippen LogP contribution in [0.1, 0.15) is 24.8 Å². The zero-order valence-electron chi connectivity index (χ0n) is 11.4. The molecule has 0 aromatic heterocycles. The average Bonchev–Trinajstić information content (AvgIpc) is 2.38. The number of rotatable bonds is 8. The summed E-state index contributed by atoms with van der Waals surface area (Å²) in [5, 5.41) is 17.8. The van der Waals surface area contributed by atoms with Gasteiger partial charge in [0.15, 0.2) is 0 Å². The van der Waals surface area contributed by atoms with E-state index in [0.717, 1.165) is 5.56 Å². The van der Waals surface area contributed by atoms with Crippen LogP contribution >= 0.6 is 0 Å². The molecule has 0 heterocycles. The van der Waals surface area contributed by atoms with E-state index >= 15 is 0 Å². The van der Waals surface area contributed by atoms with Crippen molar-refractivity contribution in [3.63, 3.8) is 0 Å². The number of nitrogens with two attached hydrogens (primary N) is 1. The summed E-state index contributed by atoms with van der Waals surface area (Å²) in [4.78, 5) is 21.6. The van der Waals surface area contributed by atoms with Gasteiger partial charge in [-0.05, 0) is 37.0 Å². The summed E-state index contributed by atoms with van der Waals surface area (Å²) in [6.07, 6.45) is 0.787. The van der Waals surface area contributed by atoms with Gasteiger partial charge < -0.3 is 15.2 Å². The van der Waals surface area contributed by atoms with E-state index in [1.165, 1.54) is 12.1 Å². The predicted octanol–water partition coefficient (Wildman–Crippen LogP) is -1.09. The number of carbonyl (C=O) groups excluding carboxylic acids is 2. The number of hydrogen-bond acceptors (Lipinski definition) is 5. The van der Waals surface area contributed by atoms with Crippen molar-refractivity contribution < 1.29 is 23.1 Å². The number of carboxylic acids is 1. The summed E-state index contributed by atoms with van der Waals surface area (Å²) in [5.41, 5.74) is 0.859. The average molecular weight is 313 g/mol. The highest BCUT2D eigenvalue weighted by atomic mass is 32.2. The molecule has 1 rings (SSSR count). The molecule has 0 saturated heterocycles. The van der Waals surface area contributed by atoms with Crippen LogP contribution < -0.4 is 15.6 Å². The summed E-state index contributed by atoms with van der Waals surface area (Å²) in [6, 6.07) is 6.07. The van der Waals surface area contributed by atoms with Crippen molar-refractivity contribution in [3.8, 4) is 0 Å². The fraction of sp³-hybridized carbons (Fsp3) is 0.385. The summed E-state index contributed by atoms with van der Waals surface area (Å²) in [7, 11) is -3.69. The maximum atomic E-state index is 11.4. The van der Waals surface area contributed by atoms with Crippen molar-refractivity contribution in [1.82, 2.24) is 5.32 Å². The molecule has 0 radical (unpaired) electrons. The Kier molecular flexibility index (Phi) is 6.32. The third kappa shape index (κ3) is 6.87. The van der Waals surface area contributed by atoms with Crippen LogP contribution in [0, 0.1) is 0 Å². The van der Waals surface area contributed by atoms with Crippen LogP contribution in [0.4, 0.5) is 0 Å². The number of amides is 1. The number of nitrogens with one attached hydrogen (secondary N) is 1. The van der Waals surface area contributed by atoms with Gasteiger partial charge in [0.1, 0.15) is 0 Å². The molecule has 0 spiro atoms. The molecule has 116 valence electrons. The lowest BCUT2D eigenvalue weighted by molar-refractivity contribution is -0.305. The van der Waals surface area contributed by atoms with Crippen molar-refractivity contribution in [2.24, 2.45) is 5.14 Å². The molecule has 1 aromatic carbocycles. The van der Waals surface area contributed by atoms with E-state index in [2.05, 4.69) is 5.32 Å². The Morgan fingerprint density at radius 1 is 1.14 bits per heavy atom. The van der Waals surface area contributed by atoms with Crippen LogP contribution in [0.3, 0.4) is 0 Å². The number of hydrogen-bond donors (Lipinski definition) is 2. The molecule has 21 heavy (non-hydrogen) atoms. The van der Waals surface area contributed by atoms with E-state index in [1.54, 1.807) is 12.1 Å². The number of aliphatic carboxylic acids is 1. The molecule has 0 atom stereocenters. The van der Waals surface area contributed by atoms with Crippen molar-refractivity contribution >= 4 is 21.9 Å². The van der Waals surface area contributed by atoms with E-state index in [0.29, 0.717) is 13.0 Å². The van der Waals surface area contributed by atoms with Crippen LogP contribution in [0.25, 0.3) is 0 Å². The Hall–Kier alpha value is -1.93. The molecule has 0 unspecified atom stereocenters. The van der Waals surface area contributed by atoms with Gasteiger partial charge in [0, 0.05) is 18.9 Å². The topological polar surface area (TPSA) is 129 Å². The number of primary sulfonamides is 1. The number of benzene rings is 1. The molecule has 0 saturated carbocycles. The second-order valence-corrected chi connectivity index (χ2v) is 6.08. The molecule has 0 aliphatic carbocycles.